The summed E-state index contributed by atoms with van der Waals surface area (Å²) in [6.07, 6.45) is 44.2. The standard InChI is InChI=1S/C20H32O2.C16H28O2.C16H26O2/c1-3-5-7-9-11-12-13-15-17-19-22-20(21)18-16-14-10-8-6-4-2;2*17-16-14-12-10-8-6-4-2-1-3-5-7-9-11-13-15-18-16/h7-19H2,1-2H3;2,4H,1,3,5-15H2;1,3,5-15H2/b;4-2-;. The number of ether oxygens (including phenoxy) is 3. The smallest absolute Gasteiger partial charge is 0.305 e. The Hall–Kier alpha value is -3.17. The van der Waals surface area contributed by atoms with Crippen LogP contribution in [0.3, 0.4) is 0 Å². The molecule has 0 atom stereocenters. The quantitative estimate of drug-likeness (QED) is 0.0606. The Morgan fingerprint density at radius 3 is 1.48 bits per heavy atom. The first kappa shape index (κ1) is 54.8. The van der Waals surface area contributed by atoms with Gasteiger partial charge in [-0.3, -0.25) is 14.4 Å². The van der Waals surface area contributed by atoms with E-state index >= 15 is 0 Å². The van der Waals surface area contributed by atoms with Crippen molar-refractivity contribution in [1.29, 1.82) is 0 Å². The minimum absolute atomic E-state index is 0.00476. The molecule has 0 saturated heterocycles. The molecule has 6 nitrogen and oxygen atoms in total. The minimum Gasteiger partial charge on any atom is -0.466 e. The molecule has 58 heavy (non-hydrogen) atoms. The summed E-state index contributed by atoms with van der Waals surface area (Å²) >= 11 is 0. The molecule has 0 amide bonds. The number of hydrogen-bond acceptors (Lipinski definition) is 6. The van der Waals surface area contributed by atoms with Gasteiger partial charge >= 0.3 is 17.9 Å². The third kappa shape index (κ3) is 47.2. The Kier molecular flexibility index (Phi) is 45.6. The summed E-state index contributed by atoms with van der Waals surface area (Å²) in [5.74, 6) is 18.3. The van der Waals surface area contributed by atoms with Gasteiger partial charge in [0.1, 0.15) is 0 Å². The SMILES string of the molecule is CC#CCCCCCCCCOC(=O)CCCCCC#CC.O=C1CCCCC/C=C\CCCCCCCCO1.O=C1CCCCCC#CCCCCCCCCO1. The molecule has 0 unspecified atom stereocenters. The van der Waals surface area contributed by atoms with E-state index in [0.717, 1.165) is 109 Å². The number of rotatable bonds is 13. The van der Waals surface area contributed by atoms with Gasteiger partial charge in [0.15, 0.2) is 0 Å². The zero-order valence-corrected chi connectivity index (χ0v) is 37.7. The average molecular weight is 807 g/mol. The fourth-order valence-electron chi connectivity index (χ4n) is 6.58. The summed E-state index contributed by atoms with van der Waals surface area (Å²) in [6.45, 7) is 5.57. The molecule has 330 valence electrons. The molecule has 6 heteroatoms. The first-order valence-electron chi connectivity index (χ1n) is 24.0. The molecule has 0 aliphatic carbocycles. The van der Waals surface area contributed by atoms with Crippen LogP contribution in [0.25, 0.3) is 0 Å². The Morgan fingerprint density at radius 2 is 0.948 bits per heavy atom. The van der Waals surface area contributed by atoms with E-state index in [9.17, 15) is 14.4 Å². The lowest BCUT2D eigenvalue weighted by atomic mass is 10.1. The molecule has 0 saturated carbocycles. The van der Waals surface area contributed by atoms with Gasteiger partial charge in [-0.2, -0.15) is 0 Å². The first-order valence-corrected chi connectivity index (χ1v) is 24.0. The lowest BCUT2D eigenvalue weighted by molar-refractivity contribution is -0.144. The molecule has 0 radical (unpaired) electrons. The number of carbonyl (C=O) groups excluding carboxylic acids is 3. The van der Waals surface area contributed by atoms with Crippen LogP contribution in [0.5, 0.6) is 0 Å². The molecule has 2 heterocycles. The number of cyclic esters (lactones) is 2. The maximum absolute atomic E-state index is 11.5. The van der Waals surface area contributed by atoms with Crippen molar-refractivity contribution in [1.82, 2.24) is 0 Å². The van der Waals surface area contributed by atoms with Crippen molar-refractivity contribution in [3.05, 3.63) is 12.2 Å². The molecule has 0 aromatic heterocycles. The number of esters is 3. The van der Waals surface area contributed by atoms with Gasteiger partial charge in [0.2, 0.25) is 0 Å². The molecule has 2 aliphatic rings. The van der Waals surface area contributed by atoms with Crippen LogP contribution < -0.4 is 0 Å². The lowest BCUT2D eigenvalue weighted by Gasteiger charge is -2.04. The van der Waals surface area contributed by atoms with Crippen molar-refractivity contribution in [2.45, 2.75) is 245 Å². The van der Waals surface area contributed by atoms with E-state index in [-0.39, 0.29) is 17.9 Å². The van der Waals surface area contributed by atoms with Gasteiger partial charge in [-0.25, -0.2) is 0 Å². The highest BCUT2D eigenvalue weighted by Crippen LogP contribution is 2.12. The molecule has 0 bridgehead atoms. The van der Waals surface area contributed by atoms with Crippen molar-refractivity contribution in [3.8, 4) is 35.5 Å². The van der Waals surface area contributed by atoms with E-state index in [1.54, 1.807) is 0 Å². The fraction of sp³-hybridized carbons (Fsp3) is 0.788. The van der Waals surface area contributed by atoms with Crippen LogP contribution in [0.2, 0.25) is 0 Å². The third-order valence-corrected chi connectivity index (χ3v) is 10.2. The van der Waals surface area contributed by atoms with Gasteiger partial charge in [0, 0.05) is 44.9 Å². The van der Waals surface area contributed by atoms with Crippen molar-refractivity contribution < 1.29 is 28.6 Å². The van der Waals surface area contributed by atoms with E-state index in [0.29, 0.717) is 39.1 Å². The highest BCUT2D eigenvalue weighted by molar-refractivity contribution is 5.69. The molecule has 2 aliphatic heterocycles. The van der Waals surface area contributed by atoms with Crippen LogP contribution in [-0.2, 0) is 28.6 Å². The number of hydrogen-bond donors (Lipinski definition) is 0. The second-order valence-corrected chi connectivity index (χ2v) is 15.7. The predicted molar refractivity (Wildman–Crippen MR) is 243 cm³/mol. The van der Waals surface area contributed by atoms with E-state index in [4.69, 9.17) is 14.2 Å². The van der Waals surface area contributed by atoms with E-state index in [2.05, 4.69) is 47.7 Å². The summed E-state index contributed by atoms with van der Waals surface area (Å²) in [5, 5.41) is 0. The summed E-state index contributed by atoms with van der Waals surface area (Å²) in [7, 11) is 0. The van der Waals surface area contributed by atoms with Gasteiger partial charge in [0.05, 0.1) is 19.8 Å². The van der Waals surface area contributed by atoms with Crippen molar-refractivity contribution in [2.24, 2.45) is 0 Å². The van der Waals surface area contributed by atoms with Crippen LogP contribution in [0.4, 0.5) is 0 Å². The van der Waals surface area contributed by atoms with Crippen molar-refractivity contribution in [3.63, 3.8) is 0 Å². The van der Waals surface area contributed by atoms with Crippen LogP contribution >= 0.6 is 0 Å². The lowest BCUT2D eigenvalue weighted by Crippen LogP contribution is -2.05. The monoisotopic (exact) mass is 807 g/mol. The van der Waals surface area contributed by atoms with E-state index in [1.807, 2.05) is 13.8 Å². The second kappa shape index (κ2) is 48.2. The molecular formula is C52H86O6. The highest BCUT2D eigenvalue weighted by atomic mass is 16.5. The Balaban J connectivity index is 0.000000845. The largest absolute Gasteiger partial charge is 0.466 e. The van der Waals surface area contributed by atoms with Crippen molar-refractivity contribution >= 4 is 17.9 Å². The minimum atomic E-state index is -0.0419. The van der Waals surface area contributed by atoms with E-state index < -0.39 is 0 Å². The Labute approximate surface area is 357 Å². The Morgan fingerprint density at radius 1 is 0.534 bits per heavy atom. The molecule has 0 aromatic rings. The van der Waals surface area contributed by atoms with Crippen LogP contribution in [0.15, 0.2) is 12.2 Å². The number of carbonyl (C=O) groups is 3. The number of unbranched alkanes of at least 4 members (excludes halogenated alkanes) is 9. The molecule has 0 fully saturated rings. The van der Waals surface area contributed by atoms with E-state index in [1.165, 1.54) is 103 Å². The second-order valence-electron chi connectivity index (χ2n) is 15.7. The summed E-state index contributed by atoms with van der Waals surface area (Å²) < 4.78 is 15.7. The normalized spacial score (nSPS) is 17.6. The molecular weight excluding hydrogens is 721 g/mol. The molecule has 2 rings (SSSR count). The molecule has 0 N–H and O–H groups in total. The van der Waals surface area contributed by atoms with Crippen LogP contribution in [-0.4, -0.2) is 37.7 Å². The predicted octanol–water partition coefficient (Wildman–Crippen LogP) is 14.3. The topological polar surface area (TPSA) is 78.9 Å². The summed E-state index contributed by atoms with van der Waals surface area (Å²) in [6, 6.07) is 0. The highest BCUT2D eigenvalue weighted by Gasteiger charge is 2.05. The van der Waals surface area contributed by atoms with Crippen molar-refractivity contribution in [2.75, 3.05) is 19.8 Å². The zero-order chi connectivity index (χ0) is 42.1. The maximum Gasteiger partial charge on any atom is 0.305 e. The first-order chi connectivity index (χ1) is 28.6. The van der Waals surface area contributed by atoms with Gasteiger partial charge in [0.25, 0.3) is 0 Å². The van der Waals surface area contributed by atoms with Gasteiger partial charge in [-0.15, -0.1) is 35.5 Å². The van der Waals surface area contributed by atoms with Gasteiger partial charge in [-0.1, -0.05) is 108 Å². The molecule has 0 aromatic carbocycles. The Bertz CT molecular complexity index is 1170. The third-order valence-electron chi connectivity index (χ3n) is 10.2. The zero-order valence-electron chi connectivity index (χ0n) is 37.7. The summed E-state index contributed by atoms with van der Waals surface area (Å²) in [5.41, 5.74) is 0. The fourth-order valence-corrected chi connectivity index (χ4v) is 6.58. The molecule has 0 spiro atoms. The number of allylic oxidation sites excluding steroid dienone is 2. The summed E-state index contributed by atoms with van der Waals surface area (Å²) in [4.78, 5) is 34.3. The van der Waals surface area contributed by atoms with Gasteiger partial charge < -0.3 is 14.2 Å². The maximum atomic E-state index is 11.5. The average Bonchev–Trinajstić information content (AvgIpc) is 3.23. The van der Waals surface area contributed by atoms with Gasteiger partial charge in [-0.05, 0) is 104 Å². The van der Waals surface area contributed by atoms with Crippen LogP contribution in [0.1, 0.15) is 245 Å². The van der Waals surface area contributed by atoms with Crippen LogP contribution in [0, 0.1) is 35.5 Å².